The quantitative estimate of drug-likeness (QED) is 0.635. The number of amides is 1. The fourth-order valence-electron chi connectivity index (χ4n) is 2.09. The summed E-state index contributed by atoms with van der Waals surface area (Å²) >= 11 is 0. The van der Waals surface area contributed by atoms with E-state index < -0.39 is 16.7 Å². The Hall–Kier alpha value is -1.85. The van der Waals surface area contributed by atoms with Crippen LogP contribution in [0.25, 0.3) is 0 Å². The van der Waals surface area contributed by atoms with Crippen LogP contribution in [0.1, 0.15) is 38.2 Å². The number of carbonyl (C=O) groups is 1. The van der Waals surface area contributed by atoms with E-state index in [1.165, 1.54) is 12.1 Å². The van der Waals surface area contributed by atoms with Gasteiger partial charge in [0.25, 0.3) is 5.91 Å². The molecule has 0 aliphatic carbocycles. The van der Waals surface area contributed by atoms with Crippen LogP contribution in [-0.2, 0) is 0 Å². The van der Waals surface area contributed by atoms with Crippen molar-refractivity contribution in [2.24, 2.45) is 17.8 Å². The van der Waals surface area contributed by atoms with Crippen LogP contribution in [0.3, 0.4) is 0 Å². The van der Waals surface area contributed by atoms with Crippen LogP contribution in [0.5, 0.6) is 0 Å². The predicted octanol–water partition coefficient (Wildman–Crippen LogP) is 2.85. The lowest BCUT2D eigenvalue weighted by Crippen LogP contribution is -2.33. The molecule has 1 N–H and O–H groups in total. The normalized spacial score (nSPS) is 11.3. The SMILES string of the molecule is CC(C)C(CNC(=O)c1ccc([N+](=O)[O-])o1)C(C)C. The van der Waals surface area contributed by atoms with Crippen LogP contribution in [-0.4, -0.2) is 17.4 Å². The van der Waals surface area contributed by atoms with Crippen molar-refractivity contribution < 1.29 is 14.1 Å². The smallest absolute Gasteiger partial charge is 0.395 e. The molecule has 0 saturated heterocycles. The summed E-state index contributed by atoms with van der Waals surface area (Å²) in [5.41, 5.74) is 0. The molecule has 1 amide bonds. The Morgan fingerprint density at radius 2 is 1.89 bits per heavy atom. The van der Waals surface area contributed by atoms with Crippen molar-refractivity contribution in [2.75, 3.05) is 6.54 Å². The van der Waals surface area contributed by atoms with Gasteiger partial charge in [0.05, 0.1) is 6.07 Å². The molecule has 0 fully saturated rings. The molecule has 0 unspecified atom stereocenters. The fourth-order valence-corrected chi connectivity index (χ4v) is 2.09. The molecule has 0 aromatic carbocycles. The van der Waals surface area contributed by atoms with Gasteiger partial charge in [0.15, 0.2) is 5.76 Å². The highest BCUT2D eigenvalue weighted by Crippen LogP contribution is 2.20. The summed E-state index contributed by atoms with van der Waals surface area (Å²) in [7, 11) is 0. The maximum absolute atomic E-state index is 11.8. The molecule has 0 radical (unpaired) electrons. The van der Waals surface area contributed by atoms with Crippen molar-refractivity contribution in [1.82, 2.24) is 5.32 Å². The second-order valence-electron chi connectivity index (χ2n) is 5.26. The molecular weight excluding hydrogens is 248 g/mol. The van der Waals surface area contributed by atoms with Crippen LogP contribution < -0.4 is 5.32 Å². The second kappa shape index (κ2) is 6.36. The maximum atomic E-state index is 11.8. The molecule has 19 heavy (non-hydrogen) atoms. The van der Waals surface area contributed by atoms with Crippen LogP contribution >= 0.6 is 0 Å². The van der Waals surface area contributed by atoms with Crippen molar-refractivity contribution in [2.45, 2.75) is 27.7 Å². The summed E-state index contributed by atoms with van der Waals surface area (Å²) in [5.74, 6) is 0.387. The monoisotopic (exact) mass is 268 g/mol. The fraction of sp³-hybridized carbons (Fsp3) is 0.615. The number of hydrogen-bond acceptors (Lipinski definition) is 4. The molecule has 0 aliphatic rings. The topological polar surface area (TPSA) is 85.4 Å². The van der Waals surface area contributed by atoms with Crippen LogP contribution in [0, 0.1) is 27.9 Å². The minimum absolute atomic E-state index is 0.0297. The Bertz CT molecular complexity index is 443. The van der Waals surface area contributed by atoms with Gasteiger partial charge in [-0.1, -0.05) is 27.7 Å². The number of hydrogen-bond donors (Lipinski definition) is 1. The Labute approximate surface area is 112 Å². The first-order chi connectivity index (χ1) is 8.82. The number of nitrogens with one attached hydrogen (secondary N) is 1. The van der Waals surface area contributed by atoms with E-state index in [0.717, 1.165) is 0 Å². The second-order valence-corrected chi connectivity index (χ2v) is 5.26. The first-order valence-corrected chi connectivity index (χ1v) is 6.35. The molecule has 0 saturated carbocycles. The van der Waals surface area contributed by atoms with Crippen molar-refractivity contribution >= 4 is 11.8 Å². The highest BCUT2D eigenvalue weighted by Gasteiger charge is 2.21. The summed E-state index contributed by atoms with van der Waals surface area (Å²) in [4.78, 5) is 21.6. The van der Waals surface area contributed by atoms with E-state index in [4.69, 9.17) is 4.42 Å². The van der Waals surface area contributed by atoms with E-state index in [1.54, 1.807) is 0 Å². The van der Waals surface area contributed by atoms with Crippen LogP contribution in [0.4, 0.5) is 5.88 Å². The van der Waals surface area contributed by atoms with Crippen LogP contribution in [0.15, 0.2) is 16.5 Å². The molecule has 1 aromatic heterocycles. The van der Waals surface area contributed by atoms with Crippen LogP contribution in [0.2, 0.25) is 0 Å². The molecule has 1 heterocycles. The van der Waals surface area contributed by atoms with Gasteiger partial charge < -0.3 is 9.73 Å². The number of carbonyl (C=O) groups excluding carboxylic acids is 1. The molecule has 0 atom stereocenters. The van der Waals surface area contributed by atoms with E-state index >= 15 is 0 Å². The Morgan fingerprint density at radius 3 is 2.32 bits per heavy atom. The zero-order valence-electron chi connectivity index (χ0n) is 11.7. The Balaban J connectivity index is 2.61. The maximum Gasteiger partial charge on any atom is 0.433 e. The highest BCUT2D eigenvalue weighted by atomic mass is 16.6. The highest BCUT2D eigenvalue weighted by molar-refractivity contribution is 5.91. The van der Waals surface area contributed by atoms with Gasteiger partial charge >= 0.3 is 5.88 Å². The number of nitrogens with zero attached hydrogens (tertiary/aromatic N) is 1. The summed E-state index contributed by atoms with van der Waals surface area (Å²) in [6.45, 7) is 8.95. The zero-order chi connectivity index (χ0) is 14.6. The Kier molecular flexibility index (Phi) is 5.09. The number of rotatable bonds is 6. The third-order valence-electron chi connectivity index (χ3n) is 3.21. The van der Waals surface area contributed by atoms with E-state index in [2.05, 4.69) is 33.0 Å². The third-order valence-corrected chi connectivity index (χ3v) is 3.21. The van der Waals surface area contributed by atoms with Gasteiger partial charge in [0.2, 0.25) is 0 Å². The number of furan rings is 1. The average molecular weight is 268 g/mol. The largest absolute Gasteiger partial charge is 0.433 e. The summed E-state index contributed by atoms with van der Waals surface area (Å²) in [5, 5.41) is 13.2. The first kappa shape index (κ1) is 15.2. The molecule has 6 heteroatoms. The van der Waals surface area contributed by atoms with Gasteiger partial charge in [-0.25, -0.2) is 0 Å². The first-order valence-electron chi connectivity index (χ1n) is 6.35. The lowest BCUT2D eigenvalue weighted by atomic mass is 9.85. The Morgan fingerprint density at radius 1 is 1.32 bits per heavy atom. The molecular formula is C13H20N2O4. The minimum atomic E-state index is -0.665. The molecule has 0 aliphatic heterocycles. The van der Waals surface area contributed by atoms with Gasteiger partial charge in [0.1, 0.15) is 4.92 Å². The molecule has 0 spiro atoms. The molecule has 6 nitrogen and oxygen atoms in total. The van der Waals surface area contributed by atoms with Crippen molar-refractivity contribution in [3.63, 3.8) is 0 Å². The minimum Gasteiger partial charge on any atom is -0.395 e. The number of nitro groups is 1. The van der Waals surface area contributed by atoms with Crippen molar-refractivity contribution in [3.8, 4) is 0 Å². The third kappa shape index (κ3) is 4.08. The van der Waals surface area contributed by atoms with E-state index in [-0.39, 0.29) is 5.76 Å². The van der Waals surface area contributed by atoms with E-state index in [1.807, 2.05) is 0 Å². The summed E-state index contributed by atoms with van der Waals surface area (Å²) in [6, 6.07) is 2.49. The van der Waals surface area contributed by atoms with Crippen molar-refractivity contribution in [1.29, 1.82) is 0 Å². The summed E-state index contributed by atoms with van der Waals surface area (Å²) in [6.07, 6.45) is 0. The van der Waals surface area contributed by atoms with E-state index in [0.29, 0.717) is 24.3 Å². The predicted molar refractivity (Wildman–Crippen MR) is 70.9 cm³/mol. The molecule has 106 valence electrons. The van der Waals surface area contributed by atoms with Crippen molar-refractivity contribution in [3.05, 3.63) is 28.0 Å². The summed E-state index contributed by atoms with van der Waals surface area (Å²) < 4.78 is 4.85. The zero-order valence-corrected chi connectivity index (χ0v) is 11.7. The molecule has 1 aromatic rings. The average Bonchev–Trinajstić information content (AvgIpc) is 2.77. The standard InChI is InChI=1S/C13H20N2O4/c1-8(2)10(9(3)4)7-14-13(16)11-5-6-12(19-11)15(17)18/h5-6,8-10H,7H2,1-4H3,(H,14,16). The molecule has 1 rings (SSSR count). The molecule has 0 bridgehead atoms. The van der Waals surface area contributed by atoms with Gasteiger partial charge in [0, 0.05) is 6.54 Å². The lowest BCUT2D eigenvalue weighted by molar-refractivity contribution is -0.402. The lowest BCUT2D eigenvalue weighted by Gasteiger charge is -2.24. The van der Waals surface area contributed by atoms with Gasteiger partial charge in [-0.3, -0.25) is 14.9 Å². The van der Waals surface area contributed by atoms with Gasteiger partial charge in [-0.2, -0.15) is 0 Å². The van der Waals surface area contributed by atoms with Gasteiger partial charge in [-0.15, -0.1) is 0 Å². The van der Waals surface area contributed by atoms with Gasteiger partial charge in [-0.05, 0) is 23.8 Å². The van der Waals surface area contributed by atoms with E-state index in [9.17, 15) is 14.9 Å².